The van der Waals surface area contributed by atoms with E-state index in [9.17, 15) is 4.79 Å². The molecule has 1 aliphatic heterocycles. The Morgan fingerprint density at radius 2 is 1.87 bits per heavy atom. The summed E-state index contributed by atoms with van der Waals surface area (Å²) in [5.41, 5.74) is 2.44. The van der Waals surface area contributed by atoms with E-state index < -0.39 is 0 Å². The normalized spacial score (nSPS) is 14.7. The van der Waals surface area contributed by atoms with Crippen LogP contribution in [0.5, 0.6) is 0 Å². The molecule has 9 heteroatoms. The van der Waals surface area contributed by atoms with Gasteiger partial charge in [0.25, 0.3) is 5.91 Å². The van der Waals surface area contributed by atoms with Crippen molar-refractivity contribution in [1.29, 1.82) is 0 Å². The summed E-state index contributed by atoms with van der Waals surface area (Å²) in [5, 5.41) is 16.2. The van der Waals surface area contributed by atoms with E-state index in [0.717, 1.165) is 41.4 Å². The molecule has 1 fully saturated rings. The molecule has 0 aliphatic carbocycles. The highest BCUT2D eigenvalue weighted by molar-refractivity contribution is 5.93. The van der Waals surface area contributed by atoms with Gasteiger partial charge in [-0.2, -0.15) is 4.52 Å². The smallest absolute Gasteiger partial charge is 0.271 e. The summed E-state index contributed by atoms with van der Waals surface area (Å²) in [4.78, 5) is 23.4. The topological polar surface area (TPSA) is 101 Å². The third kappa shape index (κ3) is 3.67. The first-order chi connectivity index (χ1) is 14.9. The van der Waals surface area contributed by atoms with Crippen LogP contribution in [0.4, 0.5) is 5.82 Å². The number of aromatic nitrogens is 6. The Morgan fingerprint density at radius 1 is 1.10 bits per heavy atom. The van der Waals surface area contributed by atoms with Gasteiger partial charge in [0.1, 0.15) is 11.5 Å². The summed E-state index contributed by atoms with van der Waals surface area (Å²) in [7, 11) is 0. The number of benzene rings is 1. The number of carbonyl (C=O) groups excluding carboxylic acids is 1. The Hall–Kier alpha value is -3.62. The third-order valence-corrected chi connectivity index (χ3v) is 5.43. The minimum Gasteiger partial charge on any atom is -0.354 e. The molecule has 1 saturated heterocycles. The quantitative estimate of drug-likeness (QED) is 0.544. The van der Waals surface area contributed by atoms with Crippen molar-refractivity contribution in [3.63, 3.8) is 0 Å². The van der Waals surface area contributed by atoms with E-state index in [2.05, 4.69) is 51.2 Å². The van der Waals surface area contributed by atoms with Gasteiger partial charge in [-0.05, 0) is 24.3 Å². The fraction of sp³-hybridized carbons (Fsp3) is 0.364. The van der Waals surface area contributed by atoms with Gasteiger partial charge in [0.15, 0.2) is 11.5 Å². The Balaban J connectivity index is 1.20. The summed E-state index contributed by atoms with van der Waals surface area (Å²) < 4.78 is 1.82. The predicted octanol–water partition coefficient (Wildman–Crippen LogP) is 2.23. The molecule has 0 bridgehead atoms. The zero-order valence-electron chi connectivity index (χ0n) is 17.8. The lowest BCUT2D eigenvalue weighted by atomic mass is 9.96. The molecule has 0 spiro atoms. The maximum Gasteiger partial charge on any atom is 0.271 e. The van der Waals surface area contributed by atoms with Gasteiger partial charge in [-0.3, -0.25) is 9.78 Å². The van der Waals surface area contributed by atoms with Gasteiger partial charge < -0.3 is 10.2 Å². The minimum absolute atomic E-state index is 0.140. The van der Waals surface area contributed by atoms with Gasteiger partial charge >= 0.3 is 0 Å². The van der Waals surface area contributed by atoms with Gasteiger partial charge in [0, 0.05) is 31.0 Å². The first kappa shape index (κ1) is 19.3. The second-order valence-electron chi connectivity index (χ2n) is 8.96. The molecular weight excluding hydrogens is 392 g/mol. The molecular formula is C22H24N8O. The summed E-state index contributed by atoms with van der Waals surface area (Å²) in [5.74, 6) is 1.89. The molecule has 4 heterocycles. The van der Waals surface area contributed by atoms with Crippen LogP contribution in [0.25, 0.3) is 16.7 Å². The molecule has 4 aromatic rings. The first-order valence-electron chi connectivity index (χ1n) is 10.4. The molecule has 0 atom stereocenters. The second-order valence-corrected chi connectivity index (χ2v) is 8.96. The molecule has 0 radical (unpaired) electrons. The van der Waals surface area contributed by atoms with E-state index in [4.69, 9.17) is 5.10 Å². The van der Waals surface area contributed by atoms with Crippen molar-refractivity contribution in [2.45, 2.75) is 26.2 Å². The number of nitrogens with zero attached hydrogens (tertiary/aromatic N) is 7. The van der Waals surface area contributed by atoms with Gasteiger partial charge in [-0.25, -0.2) is 4.98 Å². The largest absolute Gasteiger partial charge is 0.354 e. The van der Waals surface area contributed by atoms with Crippen LogP contribution in [-0.4, -0.2) is 55.3 Å². The van der Waals surface area contributed by atoms with Crippen molar-refractivity contribution >= 4 is 28.4 Å². The van der Waals surface area contributed by atoms with Crippen LogP contribution in [-0.2, 0) is 5.41 Å². The van der Waals surface area contributed by atoms with Crippen LogP contribution >= 0.6 is 0 Å². The van der Waals surface area contributed by atoms with E-state index in [1.165, 1.54) is 6.20 Å². The van der Waals surface area contributed by atoms with E-state index in [1.807, 2.05) is 40.9 Å². The summed E-state index contributed by atoms with van der Waals surface area (Å²) in [6, 6.07) is 11.4. The molecule has 3 aromatic heterocycles. The fourth-order valence-corrected chi connectivity index (χ4v) is 3.70. The maximum absolute atomic E-state index is 12.5. The van der Waals surface area contributed by atoms with Gasteiger partial charge in [0.2, 0.25) is 0 Å². The summed E-state index contributed by atoms with van der Waals surface area (Å²) >= 11 is 0. The number of hydrogen-bond acceptors (Lipinski definition) is 7. The lowest BCUT2D eigenvalue weighted by Gasteiger charge is -2.40. The van der Waals surface area contributed by atoms with Crippen molar-refractivity contribution in [2.75, 3.05) is 24.5 Å². The maximum atomic E-state index is 12.5. The number of carbonyl (C=O) groups is 1. The van der Waals surface area contributed by atoms with Crippen molar-refractivity contribution < 1.29 is 4.79 Å². The first-order valence-corrected chi connectivity index (χ1v) is 10.4. The lowest BCUT2D eigenvalue weighted by molar-refractivity contribution is 0.0939. The van der Waals surface area contributed by atoms with Crippen LogP contribution in [0.1, 0.15) is 37.1 Å². The molecule has 1 amide bonds. The van der Waals surface area contributed by atoms with Crippen LogP contribution in [0.15, 0.2) is 42.6 Å². The summed E-state index contributed by atoms with van der Waals surface area (Å²) in [6.07, 6.45) is 1.52. The van der Waals surface area contributed by atoms with E-state index in [1.54, 1.807) is 0 Å². The average molecular weight is 416 g/mol. The highest BCUT2D eigenvalue weighted by atomic mass is 16.1. The van der Waals surface area contributed by atoms with E-state index in [0.29, 0.717) is 18.2 Å². The average Bonchev–Trinajstić information content (AvgIpc) is 3.16. The monoisotopic (exact) mass is 416 g/mol. The number of para-hydroxylation sites is 2. The molecule has 1 N–H and O–H groups in total. The third-order valence-electron chi connectivity index (χ3n) is 5.43. The van der Waals surface area contributed by atoms with Crippen molar-refractivity contribution in [2.24, 2.45) is 5.92 Å². The molecule has 31 heavy (non-hydrogen) atoms. The number of rotatable bonds is 4. The van der Waals surface area contributed by atoms with Crippen LogP contribution in [0, 0.1) is 5.92 Å². The van der Waals surface area contributed by atoms with Crippen molar-refractivity contribution in [1.82, 2.24) is 35.1 Å². The number of anilines is 1. The number of amides is 1. The van der Waals surface area contributed by atoms with Gasteiger partial charge in [-0.1, -0.05) is 32.9 Å². The molecule has 0 unspecified atom stereocenters. The van der Waals surface area contributed by atoms with Gasteiger partial charge in [-0.15, -0.1) is 15.3 Å². The Morgan fingerprint density at radius 3 is 2.65 bits per heavy atom. The van der Waals surface area contributed by atoms with Crippen LogP contribution in [0.3, 0.4) is 0 Å². The fourth-order valence-electron chi connectivity index (χ4n) is 3.70. The standard InChI is InChI=1S/C22H24N8O/c1-22(2,3)21-27-26-18-8-9-19(28-30(18)21)29-12-14(13-29)10-24-20(31)17-11-23-15-6-4-5-7-16(15)25-17/h4-9,11,14H,10,12-13H2,1-3H3,(H,24,31). The highest BCUT2D eigenvalue weighted by Crippen LogP contribution is 2.25. The van der Waals surface area contributed by atoms with Crippen LogP contribution in [0.2, 0.25) is 0 Å². The minimum atomic E-state index is -0.199. The zero-order valence-corrected chi connectivity index (χ0v) is 17.8. The SMILES string of the molecule is CC(C)(C)c1nnc2ccc(N3CC(CNC(=O)c4cnc5ccccc5n4)C3)nn12. The van der Waals surface area contributed by atoms with Crippen molar-refractivity contribution in [3.05, 3.63) is 54.1 Å². The molecule has 5 rings (SSSR count). The molecule has 1 aromatic carbocycles. The van der Waals surface area contributed by atoms with Gasteiger partial charge in [0.05, 0.1) is 17.2 Å². The number of nitrogens with one attached hydrogen (secondary N) is 1. The number of hydrogen-bond donors (Lipinski definition) is 1. The molecule has 1 aliphatic rings. The molecule has 9 nitrogen and oxygen atoms in total. The summed E-state index contributed by atoms with van der Waals surface area (Å²) in [6.45, 7) is 8.54. The van der Waals surface area contributed by atoms with E-state index >= 15 is 0 Å². The Kier molecular flexibility index (Phi) is 4.53. The van der Waals surface area contributed by atoms with Crippen LogP contribution < -0.4 is 10.2 Å². The zero-order chi connectivity index (χ0) is 21.6. The van der Waals surface area contributed by atoms with Crippen molar-refractivity contribution in [3.8, 4) is 0 Å². The number of fused-ring (bicyclic) bond motifs is 2. The van der Waals surface area contributed by atoms with E-state index in [-0.39, 0.29) is 11.3 Å². The highest BCUT2D eigenvalue weighted by Gasteiger charge is 2.29. The lowest BCUT2D eigenvalue weighted by Crippen LogP contribution is -2.52. The Labute approximate surface area is 179 Å². The molecule has 158 valence electrons. The predicted molar refractivity (Wildman–Crippen MR) is 117 cm³/mol. The Bertz CT molecular complexity index is 1270. The molecule has 0 saturated carbocycles. The second kappa shape index (κ2) is 7.26.